The first-order valence-electron chi connectivity index (χ1n) is 11.4. The van der Waals surface area contributed by atoms with Gasteiger partial charge in [-0.2, -0.15) is 0 Å². The SMILES string of the molecule is CC(C(O)CO)C(O)C(O)CO.CC(C(O)CO)C(O)C(O)CO.CC(C(O)CO)C(O)C(O)CO. The normalized spacial score (nSPS) is 21.5. The molecule has 0 rings (SSSR count). The molecule has 0 radical (unpaired) electrons. The van der Waals surface area contributed by atoms with E-state index in [0.717, 1.165) is 0 Å². The second-order valence-electron chi connectivity index (χ2n) is 8.55. The average Bonchev–Trinajstić information content (AvgIpc) is 2.92. The van der Waals surface area contributed by atoms with Crippen LogP contribution in [-0.4, -0.2) is 171 Å². The van der Waals surface area contributed by atoms with Gasteiger partial charge in [0.1, 0.15) is 18.3 Å². The Hall–Kier alpha value is -0.600. The molecule has 12 unspecified atom stereocenters. The maximum Gasteiger partial charge on any atom is 0.103 e. The minimum absolute atomic E-state index is 0.476. The fourth-order valence-corrected chi connectivity index (χ4v) is 2.56. The van der Waals surface area contributed by atoms with Crippen LogP contribution in [0.2, 0.25) is 0 Å². The smallest absolute Gasteiger partial charge is 0.103 e. The molecule has 0 aromatic heterocycles. The van der Waals surface area contributed by atoms with E-state index in [1.807, 2.05) is 0 Å². The van der Waals surface area contributed by atoms with Gasteiger partial charge in [0, 0.05) is 17.8 Å². The monoisotopic (exact) mass is 540 g/mol. The quantitative estimate of drug-likeness (QED) is 0.0917. The van der Waals surface area contributed by atoms with Gasteiger partial charge in [0.15, 0.2) is 0 Å². The van der Waals surface area contributed by atoms with Crippen molar-refractivity contribution in [1.29, 1.82) is 0 Å². The molecule has 15 nitrogen and oxygen atoms in total. The first-order valence-corrected chi connectivity index (χ1v) is 11.4. The highest BCUT2D eigenvalue weighted by atomic mass is 16.4. The van der Waals surface area contributed by atoms with Crippen LogP contribution in [0.15, 0.2) is 0 Å². The zero-order valence-electron chi connectivity index (χ0n) is 20.9. The second-order valence-corrected chi connectivity index (χ2v) is 8.55. The Morgan fingerprint density at radius 1 is 0.306 bits per heavy atom. The largest absolute Gasteiger partial charge is 0.394 e. The fraction of sp³-hybridized carbons (Fsp3) is 1.00. The number of hydrogen-bond acceptors (Lipinski definition) is 15. The molecule has 0 fully saturated rings. The van der Waals surface area contributed by atoms with Crippen molar-refractivity contribution < 1.29 is 76.6 Å². The Labute approximate surface area is 210 Å². The maximum absolute atomic E-state index is 9.21. The van der Waals surface area contributed by atoms with E-state index in [2.05, 4.69) is 0 Å². The third-order valence-corrected chi connectivity index (χ3v) is 5.74. The van der Waals surface area contributed by atoms with Crippen molar-refractivity contribution in [3.05, 3.63) is 0 Å². The Kier molecular flexibility index (Phi) is 24.8. The molecule has 0 aliphatic rings. The van der Waals surface area contributed by atoms with Gasteiger partial charge in [0.05, 0.1) is 76.3 Å². The molecule has 36 heavy (non-hydrogen) atoms. The Morgan fingerprint density at radius 2 is 0.444 bits per heavy atom. The minimum Gasteiger partial charge on any atom is -0.394 e. The van der Waals surface area contributed by atoms with Crippen LogP contribution < -0.4 is 0 Å². The summed E-state index contributed by atoms with van der Waals surface area (Å²) in [5.41, 5.74) is 0. The van der Waals surface area contributed by atoms with Crippen molar-refractivity contribution in [2.45, 2.75) is 75.7 Å². The summed E-state index contributed by atoms with van der Waals surface area (Å²) in [4.78, 5) is 0. The molecule has 12 atom stereocenters. The molecule has 222 valence electrons. The van der Waals surface area contributed by atoms with Crippen LogP contribution in [0.25, 0.3) is 0 Å². The van der Waals surface area contributed by atoms with Gasteiger partial charge >= 0.3 is 0 Å². The lowest BCUT2D eigenvalue weighted by atomic mass is 9.95. The lowest BCUT2D eigenvalue weighted by molar-refractivity contribution is -0.0780. The molecule has 0 aromatic carbocycles. The maximum atomic E-state index is 9.21. The zero-order chi connectivity index (χ0) is 29.2. The number of aliphatic hydroxyl groups excluding tert-OH is 15. The van der Waals surface area contributed by atoms with Crippen LogP contribution in [0.3, 0.4) is 0 Å². The highest BCUT2D eigenvalue weighted by molar-refractivity contribution is 4.78. The van der Waals surface area contributed by atoms with Crippen LogP contribution in [0, 0.1) is 17.8 Å². The van der Waals surface area contributed by atoms with Gasteiger partial charge in [-0.1, -0.05) is 20.8 Å². The third-order valence-electron chi connectivity index (χ3n) is 5.74. The molecule has 0 aliphatic carbocycles. The standard InChI is InChI=1S/3C7H16O5/c3*1-4(5(10)2-8)7(12)6(11)3-9/h3*4-12H,2-3H2,1H3. The summed E-state index contributed by atoms with van der Waals surface area (Å²) in [6.07, 6.45) is -10.8. The zero-order valence-corrected chi connectivity index (χ0v) is 20.9. The second kappa shape index (κ2) is 22.4. The molecular formula is C21H48O15. The van der Waals surface area contributed by atoms with Crippen molar-refractivity contribution in [1.82, 2.24) is 0 Å². The van der Waals surface area contributed by atoms with E-state index in [4.69, 9.17) is 61.3 Å². The molecule has 0 amide bonds. The van der Waals surface area contributed by atoms with E-state index in [0.29, 0.717) is 0 Å². The van der Waals surface area contributed by atoms with Crippen LogP contribution in [-0.2, 0) is 0 Å². The molecule has 15 N–H and O–H groups in total. The molecule has 0 saturated heterocycles. The van der Waals surface area contributed by atoms with E-state index in [1.165, 1.54) is 20.8 Å². The number of rotatable bonds is 15. The highest BCUT2D eigenvalue weighted by Crippen LogP contribution is 2.13. The highest BCUT2D eigenvalue weighted by Gasteiger charge is 2.29. The first kappa shape index (κ1) is 39.9. The van der Waals surface area contributed by atoms with E-state index in [-0.39, 0.29) is 0 Å². The Bertz CT molecular complexity index is 380. The van der Waals surface area contributed by atoms with Gasteiger partial charge in [-0.15, -0.1) is 0 Å². The molecule has 0 saturated carbocycles. The van der Waals surface area contributed by atoms with Gasteiger partial charge < -0.3 is 76.6 Å². The lowest BCUT2D eigenvalue weighted by Gasteiger charge is -2.25. The van der Waals surface area contributed by atoms with Gasteiger partial charge in [-0.25, -0.2) is 0 Å². The molecule has 0 heterocycles. The molecule has 0 spiro atoms. The van der Waals surface area contributed by atoms with Crippen molar-refractivity contribution in [2.75, 3.05) is 39.6 Å². The molecule has 0 aliphatic heterocycles. The van der Waals surface area contributed by atoms with Crippen LogP contribution >= 0.6 is 0 Å². The van der Waals surface area contributed by atoms with E-state index in [9.17, 15) is 15.3 Å². The van der Waals surface area contributed by atoms with E-state index < -0.39 is 112 Å². The number of hydrogen-bond donors (Lipinski definition) is 15. The summed E-state index contributed by atoms with van der Waals surface area (Å²) in [6, 6.07) is 0. The summed E-state index contributed by atoms with van der Waals surface area (Å²) < 4.78 is 0. The van der Waals surface area contributed by atoms with Gasteiger partial charge in [0.2, 0.25) is 0 Å². The summed E-state index contributed by atoms with van der Waals surface area (Å²) in [6.45, 7) is 1.30. The summed E-state index contributed by atoms with van der Waals surface area (Å²) in [7, 11) is 0. The van der Waals surface area contributed by atoms with Crippen molar-refractivity contribution in [3.8, 4) is 0 Å². The Morgan fingerprint density at radius 3 is 0.556 bits per heavy atom. The van der Waals surface area contributed by atoms with Crippen molar-refractivity contribution in [3.63, 3.8) is 0 Å². The summed E-state index contributed by atoms with van der Waals surface area (Å²) in [5, 5.41) is 132. The first-order chi connectivity index (χ1) is 16.6. The van der Waals surface area contributed by atoms with Crippen LogP contribution in [0.4, 0.5) is 0 Å². The van der Waals surface area contributed by atoms with E-state index >= 15 is 0 Å². The molecule has 15 heteroatoms. The summed E-state index contributed by atoms with van der Waals surface area (Å²) in [5.74, 6) is -2.01. The topological polar surface area (TPSA) is 303 Å². The molecule has 0 bridgehead atoms. The number of aliphatic hydroxyl groups is 15. The van der Waals surface area contributed by atoms with Crippen molar-refractivity contribution >= 4 is 0 Å². The average molecular weight is 541 g/mol. The predicted molar refractivity (Wildman–Crippen MR) is 124 cm³/mol. The Balaban J connectivity index is -0.000000454. The van der Waals surface area contributed by atoms with Gasteiger partial charge in [0.25, 0.3) is 0 Å². The van der Waals surface area contributed by atoms with Gasteiger partial charge in [-0.05, 0) is 0 Å². The molecule has 0 aromatic rings. The van der Waals surface area contributed by atoms with Crippen LogP contribution in [0.1, 0.15) is 20.8 Å². The minimum atomic E-state index is -1.28. The van der Waals surface area contributed by atoms with Gasteiger partial charge in [-0.3, -0.25) is 0 Å². The van der Waals surface area contributed by atoms with Crippen LogP contribution in [0.5, 0.6) is 0 Å². The predicted octanol–water partition coefficient (Wildman–Crippen LogP) is -6.93. The molecular weight excluding hydrogens is 492 g/mol. The van der Waals surface area contributed by atoms with Crippen molar-refractivity contribution in [2.24, 2.45) is 17.8 Å². The lowest BCUT2D eigenvalue weighted by Crippen LogP contribution is -2.41. The summed E-state index contributed by atoms with van der Waals surface area (Å²) >= 11 is 0. The fourth-order valence-electron chi connectivity index (χ4n) is 2.56. The third kappa shape index (κ3) is 15.6. The van der Waals surface area contributed by atoms with E-state index in [1.54, 1.807) is 0 Å².